The van der Waals surface area contributed by atoms with Crippen LogP contribution >= 0.6 is 0 Å². The molecule has 1 saturated heterocycles. The van der Waals surface area contributed by atoms with Gasteiger partial charge in [-0.15, -0.1) is 0 Å². The van der Waals surface area contributed by atoms with Crippen LogP contribution in [0.3, 0.4) is 0 Å². The molecule has 0 saturated carbocycles. The minimum absolute atomic E-state index is 0.0478. The Balaban J connectivity index is 1.52. The molecule has 8 nitrogen and oxygen atoms in total. The zero-order valence-electron chi connectivity index (χ0n) is 18.9. The number of nitrogens with one attached hydrogen (secondary N) is 2. The van der Waals surface area contributed by atoms with Crippen molar-refractivity contribution in [1.82, 2.24) is 15.5 Å². The number of hydrogen-bond acceptors (Lipinski definition) is 6. The number of ether oxygens (including phenoxy) is 3. The molecule has 170 valence electrons. The first-order chi connectivity index (χ1) is 15.1. The Kier molecular flexibility index (Phi) is 8.61. The zero-order chi connectivity index (χ0) is 22.1. The van der Waals surface area contributed by atoms with Crippen molar-refractivity contribution in [3.63, 3.8) is 0 Å². The SMILES string of the molecule is CN=C(NCC(C)Oc1cccc(OC)c1)NCC(c1ccc(C)o1)N1CCOCC1. The molecule has 0 radical (unpaired) electrons. The second kappa shape index (κ2) is 11.6. The summed E-state index contributed by atoms with van der Waals surface area (Å²) in [5, 5.41) is 6.77. The highest BCUT2D eigenvalue weighted by atomic mass is 16.5. The second-order valence-corrected chi connectivity index (χ2v) is 7.55. The van der Waals surface area contributed by atoms with Gasteiger partial charge in [-0.1, -0.05) is 6.07 Å². The minimum Gasteiger partial charge on any atom is -0.497 e. The Labute approximate surface area is 184 Å². The number of aliphatic imine (C=N–C) groups is 1. The predicted molar refractivity (Wildman–Crippen MR) is 121 cm³/mol. The van der Waals surface area contributed by atoms with Gasteiger partial charge in [-0.25, -0.2) is 0 Å². The van der Waals surface area contributed by atoms with E-state index in [1.54, 1.807) is 14.2 Å². The highest BCUT2D eigenvalue weighted by Gasteiger charge is 2.25. The van der Waals surface area contributed by atoms with E-state index in [2.05, 4.69) is 26.6 Å². The summed E-state index contributed by atoms with van der Waals surface area (Å²) in [4.78, 5) is 6.74. The van der Waals surface area contributed by atoms with Crippen LogP contribution in [0.4, 0.5) is 0 Å². The van der Waals surface area contributed by atoms with Gasteiger partial charge in [0.1, 0.15) is 29.1 Å². The molecule has 8 heteroatoms. The van der Waals surface area contributed by atoms with Crippen LogP contribution < -0.4 is 20.1 Å². The number of benzene rings is 1. The summed E-state index contributed by atoms with van der Waals surface area (Å²) in [5.41, 5.74) is 0. The molecule has 1 aromatic heterocycles. The average Bonchev–Trinajstić information content (AvgIpc) is 3.22. The summed E-state index contributed by atoms with van der Waals surface area (Å²) < 4.78 is 22.7. The molecule has 1 aliphatic rings. The molecule has 0 amide bonds. The van der Waals surface area contributed by atoms with Crippen molar-refractivity contribution in [3.8, 4) is 11.5 Å². The van der Waals surface area contributed by atoms with Crippen LogP contribution in [0.5, 0.6) is 11.5 Å². The molecule has 2 heterocycles. The van der Waals surface area contributed by atoms with Crippen LogP contribution in [0.2, 0.25) is 0 Å². The van der Waals surface area contributed by atoms with Crippen molar-refractivity contribution in [2.75, 3.05) is 53.6 Å². The maximum absolute atomic E-state index is 5.98. The molecule has 1 aromatic carbocycles. The van der Waals surface area contributed by atoms with Crippen LogP contribution in [0, 0.1) is 6.92 Å². The van der Waals surface area contributed by atoms with E-state index in [-0.39, 0.29) is 12.1 Å². The van der Waals surface area contributed by atoms with Gasteiger partial charge < -0.3 is 29.3 Å². The van der Waals surface area contributed by atoms with Gasteiger partial charge in [-0.05, 0) is 38.1 Å². The highest BCUT2D eigenvalue weighted by Crippen LogP contribution is 2.23. The fourth-order valence-corrected chi connectivity index (χ4v) is 3.53. The molecular weight excluding hydrogens is 396 g/mol. The van der Waals surface area contributed by atoms with Crippen molar-refractivity contribution in [2.45, 2.75) is 26.0 Å². The molecule has 0 bridgehead atoms. The number of aryl methyl sites for hydroxylation is 1. The first kappa shape index (κ1) is 23.0. The van der Waals surface area contributed by atoms with Crippen LogP contribution in [0.15, 0.2) is 45.8 Å². The van der Waals surface area contributed by atoms with Crippen molar-refractivity contribution in [2.24, 2.45) is 4.99 Å². The predicted octanol–water partition coefficient (Wildman–Crippen LogP) is 2.60. The quantitative estimate of drug-likeness (QED) is 0.468. The summed E-state index contributed by atoms with van der Waals surface area (Å²) >= 11 is 0. The van der Waals surface area contributed by atoms with E-state index in [9.17, 15) is 0 Å². The Morgan fingerprint density at radius 3 is 2.55 bits per heavy atom. The Morgan fingerprint density at radius 2 is 1.87 bits per heavy atom. The Morgan fingerprint density at radius 1 is 1.13 bits per heavy atom. The lowest BCUT2D eigenvalue weighted by molar-refractivity contribution is 0.0124. The third-order valence-corrected chi connectivity index (χ3v) is 5.20. The van der Waals surface area contributed by atoms with E-state index in [4.69, 9.17) is 18.6 Å². The van der Waals surface area contributed by atoms with Crippen LogP contribution in [0.25, 0.3) is 0 Å². The van der Waals surface area contributed by atoms with Crippen molar-refractivity contribution >= 4 is 5.96 Å². The lowest BCUT2D eigenvalue weighted by Crippen LogP contribution is -2.47. The lowest BCUT2D eigenvalue weighted by atomic mass is 10.1. The van der Waals surface area contributed by atoms with E-state index in [0.29, 0.717) is 13.1 Å². The average molecular weight is 431 g/mol. The Hall–Kier alpha value is -2.71. The van der Waals surface area contributed by atoms with Gasteiger partial charge in [0.05, 0.1) is 32.9 Å². The van der Waals surface area contributed by atoms with Crippen LogP contribution in [0.1, 0.15) is 24.5 Å². The van der Waals surface area contributed by atoms with E-state index in [1.807, 2.05) is 44.2 Å². The molecule has 1 aliphatic heterocycles. The van der Waals surface area contributed by atoms with Crippen molar-refractivity contribution in [1.29, 1.82) is 0 Å². The first-order valence-corrected chi connectivity index (χ1v) is 10.7. The number of furan rings is 1. The Bertz CT molecular complexity index is 832. The second-order valence-electron chi connectivity index (χ2n) is 7.55. The maximum Gasteiger partial charge on any atom is 0.191 e. The number of methoxy groups -OCH3 is 1. The number of morpholine rings is 1. The summed E-state index contributed by atoms with van der Waals surface area (Å²) in [6.07, 6.45) is -0.0478. The fourth-order valence-electron chi connectivity index (χ4n) is 3.53. The van der Waals surface area contributed by atoms with Crippen molar-refractivity contribution in [3.05, 3.63) is 47.9 Å². The minimum atomic E-state index is -0.0478. The molecule has 3 rings (SSSR count). The third-order valence-electron chi connectivity index (χ3n) is 5.20. The van der Waals surface area contributed by atoms with E-state index >= 15 is 0 Å². The monoisotopic (exact) mass is 430 g/mol. The van der Waals surface area contributed by atoms with Gasteiger partial charge in [0.25, 0.3) is 0 Å². The number of rotatable bonds is 9. The zero-order valence-corrected chi connectivity index (χ0v) is 18.9. The van der Waals surface area contributed by atoms with Crippen LogP contribution in [-0.2, 0) is 4.74 Å². The maximum atomic E-state index is 5.98. The fraction of sp³-hybridized carbons (Fsp3) is 0.522. The number of hydrogen-bond donors (Lipinski definition) is 2. The van der Waals surface area contributed by atoms with E-state index in [0.717, 1.165) is 55.3 Å². The molecule has 2 N–H and O–H groups in total. The third kappa shape index (κ3) is 6.90. The number of nitrogens with zero attached hydrogens (tertiary/aromatic N) is 2. The molecule has 1 fully saturated rings. The summed E-state index contributed by atoms with van der Waals surface area (Å²) in [6.45, 7) is 8.51. The van der Waals surface area contributed by atoms with Gasteiger partial charge >= 0.3 is 0 Å². The standard InChI is InChI=1S/C23H34N4O4/c1-17-8-9-22(31-17)21(27-10-12-29-13-11-27)16-26-23(24-3)25-15-18(2)30-20-7-5-6-19(14-20)28-4/h5-9,14,18,21H,10-13,15-16H2,1-4H3,(H2,24,25,26). The van der Waals surface area contributed by atoms with E-state index in [1.165, 1.54) is 0 Å². The van der Waals surface area contributed by atoms with Crippen LogP contribution in [-0.4, -0.2) is 70.5 Å². The van der Waals surface area contributed by atoms with Gasteiger partial charge in [0.15, 0.2) is 5.96 Å². The molecule has 2 unspecified atom stereocenters. The lowest BCUT2D eigenvalue weighted by Gasteiger charge is -2.33. The van der Waals surface area contributed by atoms with Gasteiger partial charge in [-0.3, -0.25) is 9.89 Å². The smallest absolute Gasteiger partial charge is 0.191 e. The number of guanidine groups is 1. The molecule has 0 spiro atoms. The molecule has 0 aliphatic carbocycles. The molecule has 31 heavy (non-hydrogen) atoms. The van der Waals surface area contributed by atoms with Crippen molar-refractivity contribution < 1.29 is 18.6 Å². The molecular formula is C23H34N4O4. The molecule has 2 aromatic rings. The largest absolute Gasteiger partial charge is 0.497 e. The summed E-state index contributed by atoms with van der Waals surface area (Å²) in [7, 11) is 3.41. The van der Waals surface area contributed by atoms with Gasteiger partial charge in [0.2, 0.25) is 0 Å². The topological polar surface area (TPSA) is 80.5 Å². The first-order valence-electron chi connectivity index (χ1n) is 10.7. The highest BCUT2D eigenvalue weighted by molar-refractivity contribution is 5.79. The summed E-state index contributed by atoms with van der Waals surface area (Å²) in [5.74, 6) is 4.15. The molecule has 2 atom stereocenters. The van der Waals surface area contributed by atoms with Gasteiger partial charge in [0, 0.05) is 32.7 Å². The normalized spacial score (nSPS) is 17.1. The van der Waals surface area contributed by atoms with E-state index < -0.39 is 0 Å². The summed E-state index contributed by atoms with van der Waals surface area (Å²) in [6, 6.07) is 11.8. The van der Waals surface area contributed by atoms with Gasteiger partial charge in [-0.2, -0.15) is 0 Å².